The molecule has 1 N–H and O–H groups in total. The molecule has 23 heavy (non-hydrogen) atoms. The van der Waals surface area contributed by atoms with E-state index in [4.69, 9.17) is 0 Å². The van der Waals surface area contributed by atoms with Crippen LogP contribution in [0.1, 0.15) is 46.8 Å². The third-order valence-electron chi connectivity index (χ3n) is 4.51. The molecule has 2 aromatic rings. The Morgan fingerprint density at radius 1 is 1.13 bits per heavy atom. The molecule has 1 atom stereocenters. The Balaban J connectivity index is 1.72. The average molecular weight is 310 g/mol. The number of benzene rings is 1. The van der Waals surface area contributed by atoms with Crippen LogP contribution in [-0.2, 0) is 0 Å². The second-order valence-corrected chi connectivity index (χ2v) is 6.25. The first-order valence-corrected chi connectivity index (χ1v) is 8.18. The maximum atomic E-state index is 12.7. The molecule has 4 heteroatoms. The fraction of sp³-hybridized carbons (Fsp3) is 0.368. The number of carbonyl (C=O) groups excluding carboxylic acids is 1. The first-order valence-electron chi connectivity index (χ1n) is 8.18. The van der Waals surface area contributed by atoms with E-state index in [2.05, 4.69) is 29.2 Å². The van der Waals surface area contributed by atoms with Gasteiger partial charge in [-0.1, -0.05) is 30.3 Å². The Morgan fingerprint density at radius 2 is 1.91 bits per heavy atom. The van der Waals surface area contributed by atoms with E-state index in [0.717, 1.165) is 38.0 Å². The number of likely N-dealkylation sites (tertiary alicyclic amines) is 1. The van der Waals surface area contributed by atoms with E-state index in [0.29, 0.717) is 11.5 Å². The maximum absolute atomic E-state index is 12.7. The van der Waals surface area contributed by atoms with Gasteiger partial charge in [0, 0.05) is 30.4 Å². The van der Waals surface area contributed by atoms with E-state index in [1.54, 1.807) is 13.0 Å². The fourth-order valence-corrected chi connectivity index (χ4v) is 3.35. The molecular formula is C19H22N2O2. The Hall–Kier alpha value is -2.36. The normalized spacial score (nSPS) is 18.5. The van der Waals surface area contributed by atoms with Crippen LogP contribution in [0.25, 0.3) is 0 Å². The van der Waals surface area contributed by atoms with Crippen molar-refractivity contribution in [3.05, 3.63) is 69.6 Å². The van der Waals surface area contributed by atoms with Crippen molar-refractivity contribution in [1.82, 2.24) is 9.88 Å². The van der Waals surface area contributed by atoms with Crippen LogP contribution in [0.5, 0.6) is 0 Å². The summed E-state index contributed by atoms with van der Waals surface area (Å²) in [6.45, 7) is 3.30. The first kappa shape index (κ1) is 15.5. The molecule has 1 amide bonds. The summed E-state index contributed by atoms with van der Waals surface area (Å²) >= 11 is 0. The highest BCUT2D eigenvalue weighted by Crippen LogP contribution is 2.28. The van der Waals surface area contributed by atoms with E-state index in [1.165, 1.54) is 11.6 Å². The number of pyridine rings is 1. The summed E-state index contributed by atoms with van der Waals surface area (Å²) in [4.78, 5) is 28.8. The van der Waals surface area contributed by atoms with Crippen LogP contribution in [0.2, 0.25) is 0 Å². The van der Waals surface area contributed by atoms with Crippen LogP contribution in [0, 0.1) is 6.92 Å². The van der Waals surface area contributed by atoms with E-state index in [9.17, 15) is 9.59 Å². The lowest BCUT2D eigenvalue weighted by Crippen LogP contribution is -2.32. The summed E-state index contributed by atoms with van der Waals surface area (Å²) in [6, 6.07) is 13.7. The van der Waals surface area contributed by atoms with Gasteiger partial charge in [0.2, 0.25) is 5.56 Å². The van der Waals surface area contributed by atoms with Gasteiger partial charge in [0.05, 0.1) is 0 Å². The molecule has 1 aliphatic heterocycles. The number of carbonyl (C=O) groups is 1. The van der Waals surface area contributed by atoms with Gasteiger partial charge >= 0.3 is 0 Å². The largest absolute Gasteiger partial charge is 0.339 e. The predicted molar refractivity (Wildman–Crippen MR) is 90.7 cm³/mol. The van der Waals surface area contributed by atoms with Crippen molar-refractivity contribution < 1.29 is 4.79 Å². The molecule has 1 aromatic carbocycles. The summed E-state index contributed by atoms with van der Waals surface area (Å²) in [5.74, 6) is 0.475. The average Bonchev–Trinajstić information content (AvgIpc) is 2.80. The lowest BCUT2D eigenvalue weighted by atomic mass is 9.92. The minimum absolute atomic E-state index is 0.0343. The number of aromatic amines is 1. The summed E-state index contributed by atoms with van der Waals surface area (Å²) in [7, 11) is 0. The number of amides is 1. The fourth-order valence-electron chi connectivity index (χ4n) is 3.35. The summed E-state index contributed by atoms with van der Waals surface area (Å²) < 4.78 is 0. The van der Waals surface area contributed by atoms with Crippen molar-refractivity contribution >= 4 is 5.91 Å². The van der Waals surface area contributed by atoms with Crippen molar-refractivity contribution in [1.29, 1.82) is 0 Å². The molecule has 1 aliphatic rings. The molecule has 0 radical (unpaired) electrons. The molecule has 0 bridgehead atoms. The van der Waals surface area contributed by atoms with Gasteiger partial charge in [-0.3, -0.25) is 9.59 Å². The lowest BCUT2D eigenvalue weighted by Gasteiger charge is -2.21. The van der Waals surface area contributed by atoms with Crippen LogP contribution >= 0.6 is 0 Å². The molecule has 1 aromatic heterocycles. The van der Waals surface area contributed by atoms with Crippen molar-refractivity contribution in [2.75, 3.05) is 13.1 Å². The minimum atomic E-state index is -0.217. The van der Waals surface area contributed by atoms with Crippen LogP contribution in [0.15, 0.2) is 47.3 Å². The number of rotatable bonds is 2. The molecule has 2 heterocycles. The topological polar surface area (TPSA) is 53.2 Å². The quantitative estimate of drug-likeness (QED) is 0.926. The van der Waals surface area contributed by atoms with Crippen molar-refractivity contribution in [3.8, 4) is 0 Å². The zero-order valence-corrected chi connectivity index (χ0v) is 13.4. The molecular weight excluding hydrogens is 288 g/mol. The minimum Gasteiger partial charge on any atom is -0.339 e. The highest BCUT2D eigenvalue weighted by atomic mass is 16.2. The van der Waals surface area contributed by atoms with Crippen molar-refractivity contribution in [2.45, 2.75) is 32.1 Å². The Bertz CT molecular complexity index is 737. The summed E-state index contributed by atoms with van der Waals surface area (Å²) in [5, 5.41) is 0. The molecule has 0 spiro atoms. The predicted octanol–water partition coefficient (Wildman–Crippen LogP) is 3.09. The monoisotopic (exact) mass is 310 g/mol. The van der Waals surface area contributed by atoms with Gasteiger partial charge in [-0.05, 0) is 43.7 Å². The number of nitrogens with zero attached hydrogens (tertiary/aromatic N) is 1. The van der Waals surface area contributed by atoms with Crippen LogP contribution in [0.3, 0.4) is 0 Å². The first-order chi connectivity index (χ1) is 11.1. The van der Waals surface area contributed by atoms with Crippen LogP contribution in [-0.4, -0.2) is 28.9 Å². The third-order valence-corrected chi connectivity index (χ3v) is 4.51. The van der Waals surface area contributed by atoms with E-state index < -0.39 is 0 Å². The molecule has 1 saturated heterocycles. The smallest absolute Gasteiger partial charge is 0.254 e. The molecule has 4 nitrogen and oxygen atoms in total. The van der Waals surface area contributed by atoms with Gasteiger partial charge in [0.1, 0.15) is 0 Å². The highest BCUT2D eigenvalue weighted by Gasteiger charge is 2.22. The highest BCUT2D eigenvalue weighted by molar-refractivity contribution is 5.94. The summed E-state index contributed by atoms with van der Waals surface area (Å²) in [5.41, 5.74) is 2.35. The van der Waals surface area contributed by atoms with E-state index >= 15 is 0 Å². The zero-order chi connectivity index (χ0) is 16.2. The number of aromatic nitrogens is 1. The standard InChI is InChI=1S/C19H22N2O2/c1-14-12-17(13-18(22)20-14)19(23)21-10-5-8-16(9-11-21)15-6-3-2-4-7-15/h2-4,6-7,12-13,16H,5,8-11H2,1H3,(H,20,22)/t16-/m1/s1. The van der Waals surface area contributed by atoms with Gasteiger partial charge < -0.3 is 9.88 Å². The Labute approximate surface area is 136 Å². The SMILES string of the molecule is Cc1cc(C(=O)N2CCC[C@@H](c3ccccc3)CC2)cc(=O)[nH]1. The molecule has 0 unspecified atom stereocenters. The second-order valence-electron chi connectivity index (χ2n) is 6.25. The van der Waals surface area contributed by atoms with Crippen LogP contribution in [0.4, 0.5) is 0 Å². The molecule has 3 rings (SSSR count). The Morgan fingerprint density at radius 3 is 2.65 bits per heavy atom. The number of H-pyrrole nitrogens is 1. The molecule has 120 valence electrons. The molecule has 0 saturated carbocycles. The summed E-state index contributed by atoms with van der Waals surface area (Å²) in [6.07, 6.45) is 3.06. The Kier molecular flexibility index (Phi) is 4.60. The van der Waals surface area contributed by atoms with Crippen LogP contribution < -0.4 is 5.56 Å². The van der Waals surface area contributed by atoms with Gasteiger partial charge in [0.15, 0.2) is 0 Å². The third kappa shape index (κ3) is 3.70. The maximum Gasteiger partial charge on any atom is 0.254 e. The van der Waals surface area contributed by atoms with Crippen molar-refractivity contribution in [2.24, 2.45) is 0 Å². The number of aryl methyl sites for hydroxylation is 1. The second kappa shape index (κ2) is 6.82. The van der Waals surface area contributed by atoms with Gasteiger partial charge in [-0.2, -0.15) is 0 Å². The van der Waals surface area contributed by atoms with E-state index in [1.807, 2.05) is 11.0 Å². The molecule has 0 aliphatic carbocycles. The van der Waals surface area contributed by atoms with Gasteiger partial charge in [-0.25, -0.2) is 0 Å². The van der Waals surface area contributed by atoms with Gasteiger partial charge in [-0.15, -0.1) is 0 Å². The van der Waals surface area contributed by atoms with Crippen molar-refractivity contribution in [3.63, 3.8) is 0 Å². The number of hydrogen-bond donors (Lipinski definition) is 1. The number of hydrogen-bond acceptors (Lipinski definition) is 2. The lowest BCUT2D eigenvalue weighted by molar-refractivity contribution is 0.0760. The number of nitrogens with one attached hydrogen (secondary N) is 1. The zero-order valence-electron chi connectivity index (χ0n) is 13.4. The van der Waals surface area contributed by atoms with Gasteiger partial charge in [0.25, 0.3) is 5.91 Å². The van der Waals surface area contributed by atoms with E-state index in [-0.39, 0.29) is 11.5 Å². The molecule has 1 fully saturated rings.